The average molecular weight is 295 g/mol. The van der Waals surface area contributed by atoms with E-state index in [0.717, 1.165) is 0 Å². The summed E-state index contributed by atoms with van der Waals surface area (Å²) in [7, 11) is 0. The number of pyridine rings is 1. The van der Waals surface area contributed by atoms with Crippen molar-refractivity contribution < 1.29 is 14.3 Å². The number of aliphatic hydroxyl groups excluding tert-OH is 1. The minimum atomic E-state index is -1.15. The van der Waals surface area contributed by atoms with Gasteiger partial charge in [0.2, 0.25) is 0 Å². The molecule has 3 aromatic rings. The van der Waals surface area contributed by atoms with Crippen molar-refractivity contribution in [1.29, 1.82) is 0 Å². The van der Waals surface area contributed by atoms with Gasteiger partial charge in [-0.3, -0.25) is 9.78 Å². The van der Waals surface area contributed by atoms with Crippen LogP contribution in [-0.4, -0.2) is 22.0 Å². The number of ketones is 1. The Morgan fingerprint density at radius 2 is 1.86 bits per heavy atom. The Hall–Kier alpha value is -2.59. The Morgan fingerprint density at radius 3 is 2.64 bits per heavy atom. The summed E-state index contributed by atoms with van der Waals surface area (Å²) in [6, 6.07) is 16.4. The number of aliphatic hydroxyl groups is 1. The largest absolute Gasteiger partial charge is 0.385 e. The lowest BCUT2D eigenvalue weighted by atomic mass is 10.0. The molecule has 4 heteroatoms. The maximum atomic E-state index is 13.1. The molecular formula is C18H14FNO2. The summed E-state index contributed by atoms with van der Waals surface area (Å²) in [4.78, 5) is 16.5. The maximum absolute atomic E-state index is 13.1. The number of benzene rings is 2. The van der Waals surface area contributed by atoms with Crippen molar-refractivity contribution in [3.8, 4) is 0 Å². The zero-order valence-corrected chi connectivity index (χ0v) is 11.7. The molecule has 0 amide bonds. The van der Waals surface area contributed by atoms with Crippen molar-refractivity contribution in [3.63, 3.8) is 0 Å². The van der Waals surface area contributed by atoms with Crippen LogP contribution >= 0.6 is 0 Å². The third-order valence-electron chi connectivity index (χ3n) is 3.47. The molecule has 1 heterocycles. The summed E-state index contributed by atoms with van der Waals surface area (Å²) in [5, 5.41) is 10.8. The van der Waals surface area contributed by atoms with E-state index in [-0.39, 0.29) is 18.0 Å². The first-order chi connectivity index (χ1) is 10.6. The molecule has 0 aliphatic rings. The van der Waals surface area contributed by atoms with E-state index in [1.54, 1.807) is 42.5 Å². The first-order valence-corrected chi connectivity index (χ1v) is 6.96. The van der Waals surface area contributed by atoms with Crippen molar-refractivity contribution in [2.24, 2.45) is 0 Å². The zero-order chi connectivity index (χ0) is 15.5. The maximum Gasteiger partial charge on any atom is 0.191 e. The molecule has 2 aromatic carbocycles. The van der Waals surface area contributed by atoms with E-state index < -0.39 is 6.10 Å². The Balaban J connectivity index is 1.80. The second kappa shape index (κ2) is 6.03. The van der Waals surface area contributed by atoms with Crippen LogP contribution in [0.25, 0.3) is 10.9 Å². The topological polar surface area (TPSA) is 50.2 Å². The van der Waals surface area contributed by atoms with E-state index >= 15 is 0 Å². The number of rotatable bonds is 4. The van der Waals surface area contributed by atoms with E-state index in [1.807, 2.05) is 6.07 Å². The second-order valence-corrected chi connectivity index (χ2v) is 5.09. The fraction of sp³-hybridized carbons (Fsp3) is 0.111. The predicted octanol–water partition coefficient (Wildman–Crippen LogP) is 3.16. The number of nitrogens with zero attached hydrogens (tertiary/aromatic N) is 1. The molecule has 0 bridgehead atoms. The SMILES string of the molecule is O=C(c1ccccc1)C(O)Cc1ccc2cc(F)ccc2n1. The van der Waals surface area contributed by atoms with Gasteiger partial charge in [0.05, 0.1) is 5.52 Å². The molecular weight excluding hydrogens is 281 g/mol. The van der Waals surface area contributed by atoms with Crippen LogP contribution in [-0.2, 0) is 6.42 Å². The van der Waals surface area contributed by atoms with Gasteiger partial charge in [0, 0.05) is 23.1 Å². The molecule has 0 saturated carbocycles. The summed E-state index contributed by atoms with van der Waals surface area (Å²) < 4.78 is 13.1. The highest BCUT2D eigenvalue weighted by Crippen LogP contribution is 2.16. The number of aromatic nitrogens is 1. The summed E-state index contributed by atoms with van der Waals surface area (Å²) in [6.45, 7) is 0. The number of hydrogen-bond donors (Lipinski definition) is 1. The fourth-order valence-corrected chi connectivity index (χ4v) is 2.34. The van der Waals surface area contributed by atoms with Crippen LogP contribution in [0.15, 0.2) is 60.7 Å². The first-order valence-electron chi connectivity index (χ1n) is 6.96. The minimum Gasteiger partial charge on any atom is -0.385 e. The third-order valence-corrected chi connectivity index (χ3v) is 3.47. The number of carbonyl (C=O) groups excluding carboxylic acids is 1. The van der Waals surface area contributed by atoms with E-state index in [1.165, 1.54) is 12.1 Å². The molecule has 22 heavy (non-hydrogen) atoms. The molecule has 1 unspecified atom stereocenters. The summed E-state index contributed by atoms with van der Waals surface area (Å²) in [5.74, 6) is -0.650. The first kappa shape index (κ1) is 14.4. The van der Waals surface area contributed by atoms with Gasteiger partial charge < -0.3 is 5.11 Å². The van der Waals surface area contributed by atoms with Crippen LogP contribution in [0.5, 0.6) is 0 Å². The zero-order valence-electron chi connectivity index (χ0n) is 11.7. The van der Waals surface area contributed by atoms with Gasteiger partial charge in [-0.2, -0.15) is 0 Å². The van der Waals surface area contributed by atoms with Crippen LogP contribution < -0.4 is 0 Å². The predicted molar refractivity (Wildman–Crippen MR) is 82.2 cm³/mol. The van der Waals surface area contributed by atoms with Gasteiger partial charge in [0.1, 0.15) is 11.9 Å². The minimum absolute atomic E-state index is 0.126. The van der Waals surface area contributed by atoms with Gasteiger partial charge in [0.25, 0.3) is 0 Å². The molecule has 0 spiro atoms. The van der Waals surface area contributed by atoms with Gasteiger partial charge in [-0.1, -0.05) is 36.4 Å². The van der Waals surface area contributed by atoms with Gasteiger partial charge in [0.15, 0.2) is 5.78 Å². The van der Waals surface area contributed by atoms with Crippen molar-refractivity contribution in [2.75, 3.05) is 0 Å². The van der Waals surface area contributed by atoms with Crippen molar-refractivity contribution in [2.45, 2.75) is 12.5 Å². The average Bonchev–Trinajstić information content (AvgIpc) is 2.55. The van der Waals surface area contributed by atoms with E-state index in [2.05, 4.69) is 4.98 Å². The molecule has 0 saturated heterocycles. The lowest BCUT2D eigenvalue weighted by Gasteiger charge is -2.10. The molecule has 0 radical (unpaired) electrons. The molecule has 1 atom stereocenters. The van der Waals surface area contributed by atoms with Crippen LogP contribution in [0, 0.1) is 5.82 Å². The molecule has 0 aliphatic heterocycles. The van der Waals surface area contributed by atoms with Crippen molar-refractivity contribution in [1.82, 2.24) is 4.98 Å². The molecule has 0 fully saturated rings. The van der Waals surface area contributed by atoms with Crippen LogP contribution in [0.2, 0.25) is 0 Å². The highest BCUT2D eigenvalue weighted by molar-refractivity contribution is 5.99. The second-order valence-electron chi connectivity index (χ2n) is 5.09. The van der Waals surface area contributed by atoms with Crippen LogP contribution in [0.3, 0.4) is 0 Å². The monoisotopic (exact) mass is 295 g/mol. The number of halogens is 1. The lowest BCUT2D eigenvalue weighted by molar-refractivity contribution is 0.0746. The van der Waals surface area contributed by atoms with Gasteiger partial charge >= 0.3 is 0 Å². The van der Waals surface area contributed by atoms with Crippen molar-refractivity contribution >= 4 is 16.7 Å². The van der Waals surface area contributed by atoms with E-state index in [0.29, 0.717) is 22.2 Å². The molecule has 110 valence electrons. The number of fused-ring (bicyclic) bond motifs is 1. The van der Waals surface area contributed by atoms with Crippen LogP contribution in [0.1, 0.15) is 16.1 Å². The number of hydrogen-bond acceptors (Lipinski definition) is 3. The molecule has 3 nitrogen and oxygen atoms in total. The van der Waals surface area contributed by atoms with E-state index in [4.69, 9.17) is 0 Å². The van der Waals surface area contributed by atoms with Crippen LogP contribution in [0.4, 0.5) is 4.39 Å². The van der Waals surface area contributed by atoms with Gasteiger partial charge in [-0.05, 0) is 24.3 Å². The lowest BCUT2D eigenvalue weighted by Crippen LogP contribution is -2.23. The Bertz CT molecular complexity index is 818. The third kappa shape index (κ3) is 3.02. The normalized spacial score (nSPS) is 12.3. The highest BCUT2D eigenvalue weighted by Gasteiger charge is 2.18. The van der Waals surface area contributed by atoms with Gasteiger partial charge in [-0.25, -0.2) is 4.39 Å². The molecule has 1 aromatic heterocycles. The summed E-state index contributed by atoms with van der Waals surface area (Å²) >= 11 is 0. The molecule has 0 aliphatic carbocycles. The number of carbonyl (C=O) groups is 1. The standard InChI is InChI=1S/C18H14FNO2/c19-14-7-9-16-13(10-14)6-8-15(20-16)11-17(21)18(22)12-4-2-1-3-5-12/h1-10,17,21H,11H2. The quantitative estimate of drug-likeness (QED) is 0.752. The Labute approximate surface area is 127 Å². The van der Waals surface area contributed by atoms with E-state index in [9.17, 15) is 14.3 Å². The molecule has 3 rings (SSSR count). The summed E-state index contributed by atoms with van der Waals surface area (Å²) in [5.41, 5.74) is 1.70. The van der Waals surface area contributed by atoms with Crippen molar-refractivity contribution in [3.05, 3.63) is 77.7 Å². The highest BCUT2D eigenvalue weighted by atomic mass is 19.1. The Kier molecular flexibility index (Phi) is 3.94. The summed E-state index contributed by atoms with van der Waals surface area (Å²) in [6.07, 6.45) is -1.02. The van der Waals surface area contributed by atoms with Gasteiger partial charge in [-0.15, -0.1) is 0 Å². The smallest absolute Gasteiger partial charge is 0.191 e. The molecule has 1 N–H and O–H groups in total. The fourth-order valence-electron chi connectivity index (χ4n) is 2.34. The Morgan fingerprint density at radius 1 is 1.09 bits per heavy atom. The number of Topliss-reactive ketones (excluding diaryl/α,β-unsaturated/α-hetero) is 1.